The monoisotopic (exact) mass is 339 g/mol. The highest BCUT2D eigenvalue weighted by atomic mass is 79.9. The predicted octanol–water partition coefficient (Wildman–Crippen LogP) is 3.89. The summed E-state index contributed by atoms with van der Waals surface area (Å²) in [6.07, 6.45) is 2.76. The molecule has 2 aromatic rings. The summed E-state index contributed by atoms with van der Waals surface area (Å²) in [6, 6.07) is 6.80. The molecule has 108 valence electrons. The van der Waals surface area contributed by atoms with Crippen LogP contribution in [0.3, 0.4) is 0 Å². The van der Waals surface area contributed by atoms with E-state index in [1.807, 2.05) is 23.7 Å². The van der Waals surface area contributed by atoms with E-state index in [0.717, 1.165) is 29.7 Å². The Kier molecular flexibility index (Phi) is 5.31. The average molecular weight is 340 g/mol. The molecule has 0 aliphatic heterocycles. The largest absolute Gasteiger partial charge is 0.305 e. The van der Waals surface area contributed by atoms with Crippen LogP contribution in [0.2, 0.25) is 0 Å². The summed E-state index contributed by atoms with van der Waals surface area (Å²) in [4.78, 5) is 0. The van der Waals surface area contributed by atoms with Gasteiger partial charge in [0.05, 0.1) is 11.7 Å². The molecule has 0 amide bonds. The van der Waals surface area contributed by atoms with Gasteiger partial charge in [-0.1, -0.05) is 35.8 Å². The van der Waals surface area contributed by atoms with E-state index < -0.39 is 0 Å². The minimum Gasteiger partial charge on any atom is -0.305 e. The van der Waals surface area contributed by atoms with Crippen molar-refractivity contribution in [1.29, 1.82) is 0 Å². The highest BCUT2D eigenvalue weighted by molar-refractivity contribution is 9.10. The van der Waals surface area contributed by atoms with Crippen molar-refractivity contribution >= 4 is 15.9 Å². The lowest BCUT2D eigenvalue weighted by Gasteiger charge is -2.21. The Morgan fingerprint density at radius 1 is 1.35 bits per heavy atom. The summed E-state index contributed by atoms with van der Waals surface area (Å²) in [6.45, 7) is 5.70. The summed E-state index contributed by atoms with van der Waals surface area (Å²) >= 11 is 3.46. The van der Waals surface area contributed by atoms with Gasteiger partial charge in [0.2, 0.25) is 0 Å². The highest BCUT2D eigenvalue weighted by Crippen LogP contribution is 2.30. The van der Waals surface area contributed by atoms with Gasteiger partial charge in [-0.3, -0.25) is 4.68 Å². The van der Waals surface area contributed by atoms with Gasteiger partial charge in [0.25, 0.3) is 0 Å². The Morgan fingerprint density at radius 3 is 2.80 bits per heavy atom. The van der Waals surface area contributed by atoms with Crippen LogP contribution >= 0.6 is 15.9 Å². The second-order valence-corrected chi connectivity index (χ2v) is 5.46. The van der Waals surface area contributed by atoms with Gasteiger partial charge in [-0.05, 0) is 31.2 Å². The molecule has 0 bridgehead atoms. The third-order valence-corrected chi connectivity index (χ3v) is 3.87. The maximum absolute atomic E-state index is 14.2. The molecule has 1 aromatic heterocycles. The van der Waals surface area contributed by atoms with Crippen molar-refractivity contribution in [1.82, 2.24) is 15.1 Å². The minimum absolute atomic E-state index is 0.204. The molecule has 0 saturated carbocycles. The molecule has 0 fully saturated rings. The topological polar surface area (TPSA) is 29.9 Å². The third-order valence-electron chi connectivity index (χ3n) is 3.18. The number of nitrogens with zero attached hydrogens (tertiary/aromatic N) is 2. The van der Waals surface area contributed by atoms with Gasteiger partial charge in [0, 0.05) is 22.8 Å². The van der Waals surface area contributed by atoms with Gasteiger partial charge in [-0.25, -0.2) is 4.39 Å². The Balaban J connectivity index is 2.48. The zero-order valence-electron chi connectivity index (χ0n) is 11.7. The van der Waals surface area contributed by atoms with Crippen molar-refractivity contribution in [2.24, 2.45) is 0 Å². The summed E-state index contributed by atoms with van der Waals surface area (Å²) < 4.78 is 16.9. The van der Waals surface area contributed by atoms with E-state index in [-0.39, 0.29) is 11.9 Å². The van der Waals surface area contributed by atoms with Gasteiger partial charge in [0.1, 0.15) is 5.82 Å². The Morgan fingerprint density at radius 2 is 2.15 bits per heavy atom. The fourth-order valence-corrected chi connectivity index (χ4v) is 2.90. The van der Waals surface area contributed by atoms with E-state index in [4.69, 9.17) is 0 Å². The van der Waals surface area contributed by atoms with Gasteiger partial charge < -0.3 is 5.32 Å². The van der Waals surface area contributed by atoms with E-state index in [2.05, 4.69) is 33.3 Å². The third kappa shape index (κ3) is 3.10. The Labute approximate surface area is 127 Å². The van der Waals surface area contributed by atoms with Crippen LogP contribution in [0.4, 0.5) is 4.39 Å². The number of benzene rings is 1. The zero-order valence-corrected chi connectivity index (χ0v) is 13.3. The lowest BCUT2D eigenvalue weighted by Crippen LogP contribution is -2.26. The van der Waals surface area contributed by atoms with Crippen LogP contribution in [0.25, 0.3) is 0 Å². The second kappa shape index (κ2) is 6.99. The summed E-state index contributed by atoms with van der Waals surface area (Å²) in [5, 5.41) is 7.68. The number of halogens is 2. The van der Waals surface area contributed by atoms with Gasteiger partial charge in [-0.2, -0.15) is 5.10 Å². The molecular formula is C15H19BrFN3. The maximum Gasteiger partial charge on any atom is 0.129 e. The standard InChI is InChI=1S/C15H19BrFN3/c1-3-10-20-13(8-9-19-20)15(18-4-2)14-11(16)6-5-7-12(14)17/h5-9,15,18H,3-4,10H2,1-2H3. The van der Waals surface area contributed by atoms with E-state index in [1.54, 1.807) is 12.3 Å². The van der Waals surface area contributed by atoms with Crippen molar-refractivity contribution in [3.05, 3.63) is 52.0 Å². The number of rotatable bonds is 6. The van der Waals surface area contributed by atoms with E-state index >= 15 is 0 Å². The van der Waals surface area contributed by atoms with Gasteiger partial charge in [0.15, 0.2) is 0 Å². The van der Waals surface area contributed by atoms with E-state index in [9.17, 15) is 4.39 Å². The fraction of sp³-hybridized carbons (Fsp3) is 0.400. The normalized spacial score (nSPS) is 12.6. The molecule has 1 unspecified atom stereocenters. The molecule has 0 aliphatic carbocycles. The molecule has 3 nitrogen and oxygen atoms in total. The van der Waals surface area contributed by atoms with Gasteiger partial charge in [-0.15, -0.1) is 0 Å². The van der Waals surface area contributed by atoms with Crippen LogP contribution < -0.4 is 5.32 Å². The van der Waals surface area contributed by atoms with Crippen LogP contribution in [-0.4, -0.2) is 16.3 Å². The first-order valence-corrected chi connectivity index (χ1v) is 7.67. The zero-order chi connectivity index (χ0) is 14.5. The van der Waals surface area contributed by atoms with Crippen molar-refractivity contribution in [3.8, 4) is 0 Å². The Bertz CT molecular complexity index is 548. The van der Waals surface area contributed by atoms with E-state index in [1.165, 1.54) is 6.07 Å². The number of aromatic nitrogens is 2. The predicted molar refractivity (Wildman–Crippen MR) is 82.1 cm³/mol. The maximum atomic E-state index is 14.2. The summed E-state index contributed by atoms with van der Waals surface area (Å²) in [5.41, 5.74) is 1.62. The fourth-order valence-electron chi connectivity index (χ4n) is 2.33. The molecule has 0 aliphatic rings. The molecule has 2 rings (SSSR count). The van der Waals surface area contributed by atoms with Crippen molar-refractivity contribution < 1.29 is 4.39 Å². The van der Waals surface area contributed by atoms with Crippen LogP contribution in [-0.2, 0) is 6.54 Å². The lowest BCUT2D eigenvalue weighted by atomic mass is 10.0. The van der Waals surface area contributed by atoms with Gasteiger partial charge >= 0.3 is 0 Å². The van der Waals surface area contributed by atoms with E-state index in [0.29, 0.717) is 5.56 Å². The van der Waals surface area contributed by atoms with Crippen LogP contribution in [0.5, 0.6) is 0 Å². The second-order valence-electron chi connectivity index (χ2n) is 4.61. The summed E-state index contributed by atoms with van der Waals surface area (Å²) in [5.74, 6) is -0.213. The molecule has 1 aromatic carbocycles. The molecular weight excluding hydrogens is 321 g/mol. The molecule has 5 heteroatoms. The van der Waals surface area contributed by atoms with Crippen LogP contribution in [0.1, 0.15) is 37.6 Å². The summed E-state index contributed by atoms with van der Waals surface area (Å²) in [7, 11) is 0. The first-order chi connectivity index (χ1) is 9.69. The Hall–Kier alpha value is -1.20. The first kappa shape index (κ1) is 15.2. The van der Waals surface area contributed by atoms with Crippen molar-refractivity contribution in [2.75, 3.05) is 6.54 Å². The molecule has 1 N–H and O–H groups in total. The lowest BCUT2D eigenvalue weighted by molar-refractivity contribution is 0.500. The average Bonchev–Trinajstić information content (AvgIpc) is 2.86. The molecule has 1 atom stereocenters. The van der Waals surface area contributed by atoms with Crippen molar-refractivity contribution in [3.63, 3.8) is 0 Å². The minimum atomic E-state index is -0.213. The molecule has 0 saturated heterocycles. The first-order valence-electron chi connectivity index (χ1n) is 6.88. The van der Waals surface area contributed by atoms with Crippen LogP contribution in [0.15, 0.2) is 34.9 Å². The highest BCUT2D eigenvalue weighted by Gasteiger charge is 2.22. The molecule has 20 heavy (non-hydrogen) atoms. The SMILES string of the molecule is CCCn1nccc1C(NCC)c1c(F)cccc1Br. The molecule has 0 radical (unpaired) electrons. The number of aryl methyl sites for hydroxylation is 1. The van der Waals surface area contributed by atoms with Crippen LogP contribution in [0, 0.1) is 5.82 Å². The van der Waals surface area contributed by atoms with Crippen molar-refractivity contribution in [2.45, 2.75) is 32.9 Å². The molecule has 1 heterocycles. The molecule has 0 spiro atoms. The smallest absolute Gasteiger partial charge is 0.129 e. The number of hydrogen-bond acceptors (Lipinski definition) is 2. The number of hydrogen-bond donors (Lipinski definition) is 1. The number of nitrogens with one attached hydrogen (secondary N) is 1. The quantitative estimate of drug-likeness (QED) is 0.865.